The molecule has 0 unspecified atom stereocenters. The van der Waals surface area contributed by atoms with Crippen LogP contribution in [0.2, 0.25) is 5.15 Å². The largest absolute Gasteiger partial charge is 0.496 e. The highest BCUT2D eigenvalue weighted by molar-refractivity contribution is 6.30. The van der Waals surface area contributed by atoms with E-state index in [4.69, 9.17) is 16.3 Å². The highest BCUT2D eigenvalue weighted by atomic mass is 35.5. The van der Waals surface area contributed by atoms with Crippen LogP contribution in [0.4, 0.5) is 0 Å². The van der Waals surface area contributed by atoms with Crippen LogP contribution in [0.25, 0.3) is 17.0 Å². The molecular weight excluding hydrogens is 276 g/mol. The van der Waals surface area contributed by atoms with Crippen LogP contribution in [0.15, 0.2) is 24.3 Å². The van der Waals surface area contributed by atoms with Gasteiger partial charge in [0, 0.05) is 5.56 Å². The summed E-state index contributed by atoms with van der Waals surface area (Å²) < 4.78 is 7.02. The number of rotatable bonds is 2. The SMILES string of the molecule is COc1ccccc1-c1nnc2c(C)c(C)c(Cl)nn12. The molecule has 0 saturated heterocycles. The van der Waals surface area contributed by atoms with Crippen LogP contribution in [0, 0.1) is 13.8 Å². The molecule has 2 heterocycles. The lowest BCUT2D eigenvalue weighted by molar-refractivity contribution is 0.416. The van der Waals surface area contributed by atoms with Gasteiger partial charge in [0.25, 0.3) is 0 Å². The van der Waals surface area contributed by atoms with Gasteiger partial charge in [0.1, 0.15) is 5.75 Å². The quantitative estimate of drug-likeness (QED) is 0.727. The molecular formula is C14H13ClN4O. The summed E-state index contributed by atoms with van der Waals surface area (Å²) in [5.41, 5.74) is 3.42. The third kappa shape index (κ3) is 1.82. The van der Waals surface area contributed by atoms with E-state index >= 15 is 0 Å². The van der Waals surface area contributed by atoms with Crippen LogP contribution in [0.3, 0.4) is 0 Å². The van der Waals surface area contributed by atoms with Crippen molar-refractivity contribution in [3.05, 3.63) is 40.5 Å². The van der Waals surface area contributed by atoms with Gasteiger partial charge in [-0.25, -0.2) is 0 Å². The Hall–Kier alpha value is -2.14. The first-order valence-electron chi connectivity index (χ1n) is 6.15. The van der Waals surface area contributed by atoms with Gasteiger partial charge >= 0.3 is 0 Å². The lowest BCUT2D eigenvalue weighted by atomic mass is 10.2. The number of nitrogens with zero attached hydrogens (tertiary/aromatic N) is 4. The third-order valence-electron chi connectivity index (χ3n) is 3.38. The molecule has 0 fully saturated rings. The van der Waals surface area contributed by atoms with Crippen LogP contribution < -0.4 is 4.74 Å². The summed E-state index contributed by atoms with van der Waals surface area (Å²) in [6.45, 7) is 3.88. The second-order valence-electron chi connectivity index (χ2n) is 4.50. The third-order valence-corrected chi connectivity index (χ3v) is 3.74. The minimum absolute atomic E-state index is 0.450. The summed E-state index contributed by atoms with van der Waals surface area (Å²) in [5.74, 6) is 1.33. The molecule has 0 bridgehead atoms. The zero-order valence-corrected chi connectivity index (χ0v) is 12.1. The smallest absolute Gasteiger partial charge is 0.189 e. The van der Waals surface area contributed by atoms with E-state index in [1.54, 1.807) is 11.6 Å². The van der Waals surface area contributed by atoms with E-state index in [-0.39, 0.29) is 0 Å². The normalized spacial score (nSPS) is 11.0. The molecule has 20 heavy (non-hydrogen) atoms. The Morgan fingerprint density at radius 1 is 1.10 bits per heavy atom. The molecule has 3 aromatic rings. The van der Waals surface area contributed by atoms with E-state index in [1.807, 2.05) is 38.1 Å². The van der Waals surface area contributed by atoms with Crippen molar-refractivity contribution in [3.8, 4) is 17.1 Å². The van der Waals surface area contributed by atoms with Crippen LogP contribution >= 0.6 is 11.6 Å². The van der Waals surface area contributed by atoms with Crippen LogP contribution in [-0.2, 0) is 0 Å². The van der Waals surface area contributed by atoms with Crippen LogP contribution in [0.1, 0.15) is 11.1 Å². The van der Waals surface area contributed by atoms with Crippen molar-refractivity contribution in [1.29, 1.82) is 0 Å². The number of aromatic nitrogens is 4. The Kier molecular flexibility index (Phi) is 3.06. The fourth-order valence-electron chi connectivity index (χ4n) is 2.09. The summed E-state index contributed by atoms with van der Waals surface area (Å²) in [6, 6.07) is 7.61. The number of hydrogen-bond donors (Lipinski definition) is 0. The number of aryl methyl sites for hydroxylation is 1. The van der Waals surface area contributed by atoms with Gasteiger partial charge in [-0.2, -0.15) is 9.61 Å². The van der Waals surface area contributed by atoms with Gasteiger partial charge in [-0.05, 0) is 31.5 Å². The summed E-state index contributed by atoms with van der Waals surface area (Å²) in [4.78, 5) is 0. The van der Waals surface area contributed by atoms with Gasteiger partial charge in [0.2, 0.25) is 0 Å². The summed E-state index contributed by atoms with van der Waals surface area (Å²) in [6.07, 6.45) is 0. The summed E-state index contributed by atoms with van der Waals surface area (Å²) in [7, 11) is 1.62. The molecule has 102 valence electrons. The lowest BCUT2D eigenvalue weighted by Gasteiger charge is -2.07. The highest BCUT2D eigenvalue weighted by Crippen LogP contribution is 2.29. The molecule has 0 aliphatic rings. The topological polar surface area (TPSA) is 52.3 Å². The maximum Gasteiger partial charge on any atom is 0.189 e. The standard InChI is InChI=1S/C14H13ClN4O/c1-8-9(2)13-16-17-14(19(13)18-12(8)15)10-6-4-5-7-11(10)20-3/h4-7H,1-3H3. The highest BCUT2D eigenvalue weighted by Gasteiger charge is 2.17. The molecule has 0 aliphatic carbocycles. The van der Waals surface area contributed by atoms with Crippen molar-refractivity contribution >= 4 is 17.2 Å². The number of fused-ring (bicyclic) bond motifs is 1. The van der Waals surface area contributed by atoms with Crippen molar-refractivity contribution in [1.82, 2.24) is 19.8 Å². The molecule has 0 spiro atoms. The zero-order valence-electron chi connectivity index (χ0n) is 11.4. The molecule has 3 rings (SSSR count). The number of ether oxygens (including phenoxy) is 1. The average Bonchev–Trinajstić information content (AvgIpc) is 2.88. The van der Waals surface area contributed by atoms with E-state index < -0.39 is 0 Å². The molecule has 2 aromatic heterocycles. The van der Waals surface area contributed by atoms with Gasteiger partial charge in [-0.1, -0.05) is 23.7 Å². The van der Waals surface area contributed by atoms with Gasteiger partial charge in [-0.3, -0.25) is 0 Å². The number of benzene rings is 1. The molecule has 6 heteroatoms. The maximum atomic E-state index is 6.16. The van der Waals surface area contributed by atoms with Crippen LogP contribution in [0.5, 0.6) is 5.75 Å². The monoisotopic (exact) mass is 288 g/mol. The zero-order chi connectivity index (χ0) is 14.3. The molecule has 0 saturated carbocycles. The predicted molar refractivity (Wildman–Crippen MR) is 77.3 cm³/mol. The van der Waals surface area contributed by atoms with Crippen molar-refractivity contribution in [2.24, 2.45) is 0 Å². The van der Waals surface area contributed by atoms with E-state index in [0.717, 1.165) is 22.4 Å². The average molecular weight is 289 g/mol. The Labute approximate surface area is 121 Å². The molecule has 0 aliphatic heterocycles. The lowest BCUT2D eigenvalue weighted by Crippen LogP contribution is -2.01. The first-order chi connectivity index (χ1) is 9.63. The van der Waals surface area contributed by atoms with E-state index in [9.17, 15) is 0 Å². The fraction of sp³-hybridized carbons (Fsp3) is 0.214. The van der Waals surface area contributed by atoms with E-state index in [0.29, 0.717) is 16.6 Å². The Morgan fingerprint density at radius 2 is 1.85 bits per heavy atom. The molecule has 1 aromatic carbocycles. The van der Waals surface area contributed by atoms with E-state index in [2.05, 4.69) is 15.3 Å². The first-order valence-corrected chi connectivity index (χ1v) is 6.52. The minimum Gasteiger partial charge on any atom is -0.496 e. The fourth-order valence-corrected chi connectivity index (χ4v) is 2.31. The van der Waals surface area contributed by atoms with Crippen molar-refractivity contribution in [2.45, 2.75) is 13.8 Å². The van der Waals surface area contributed by atoms with Crippen LogP contribution in [-0.4, -0.2) is 26.9 Å². The van der Waals surface area contributed by atoms with Gasteiger partial charge in [0.15, 0.2) is 16.6 Å². The number of halogens is 1. The minimum atomic E-state index is 0.450. The number of methoxy groups -OCH3 is 1. The Balaban J connectivity index is 2.33. The van der Waals surface area contributed by atoms with Crippen molar-refractivity contribution in [3.63, 3.8) is 0 Å². The Morgan fingerprint density at radius 3 is 2.60 bits per heavy atom. The summed E-state index contributed by atoms with van der Waals surface area (Å²) in [5, 5.41) is 13.2. The van der Waals surface area contributed by atoms with Gasteiger partial charge < -0.3 is 4.74 Å². The molecule has 5 nitrogen and oxygen atoms in total. The van der Waals surface area contributed by atoms with E-state index in [1.165, 1.54) is 0 Å². The first kappa shape index (κ1) is 12.9. The number of para-hydroxylation sites is 1. The van der Waals surface area contributed by atoms with Gasteiger partial charge in [0.05, 0.1) is 12.7 Å². The molecule has 0 amide bonds. The molecule has 0 radical (unpaired) electrons. The second-order valence-corrected chi connectivity index (χ2v) is 4.86. The van der Waals surface area contributed by atoms with Gasteiger partial charge in [-0.15, -0.1) is 10.2 Å². The number of hydrogen-bond acceptors (Lipinski definition) is 4. The molecule has 0 atom stereocenters. The molecule has 0 N–H and O–H groups in total. The maximum absolute atomic E-state index is 6.16. The van der Waals surface area contributed by atoms with Crippen molar-refractivity contribution in [2.75, 3.05) is 7.11 Å². The Bertz CT molecular complexity index is 797. The predicted octanol–water partition coefficient (Wildman–Crippen LogP) is 3.07. The summed E-state index contributed by atoms with van der Waals surface area (Å²) >= 11 is 6.16. The second kappa shape index (κ2) is 4.76. The van der Waals surface area contributed by atoms with Crippen molar-refractivity contribution < 1.29 is 4.74 Å².